The van der Waals surface area contributed by atoms with E-state index in [0.29, 0.717) is 29.4 Å². The highest BCUT2D eigenvalue weighted by molar-refractivity contribution is 6.30. The van der Waals surface area contributed by atoms with Gasteiger partial charge in [-0.25, -0.2) is 0 Å². The maximum Gasteiger partial charge on any atom is 0.274 e. The molecule has 0 bridgehead atoms. The number of likely N-dealkylation sites (tertiary alicyclic amines) is 1. The third-order valence-corrected chi connectivity index (χ3v) is 5.31. The standard InChI is InChI=1S/C22H26ClN3O4/c1-22(2,30-17-9-7-16(23)8-10-17)21(29)24-18-13-15(14-25(3)20(18)28)19(27)26-11-5-4-6-12-26/h7-10,13-14H,4-6,11-12H2,1-3H3,(H,24,29). The van der Waals surface area contributed by atoms with E-state index in [2.05, 4.69) is 5.32 Å². The van der Waals surface area contributed by atoms with Crippen LogP contribution in [0.15, 0.2) is 41.3 Å². The number of benzene rings is 1. The first-order valence-corrected chi connectivity index (χ1v) is 10.3. The van der Waals surface area contributed by atoms with Crippen LogP contribution in [0.1, 0.15) is 43.5 Å². The molecular formula is C22H26ClN3O4. The Morgan fingerprint density at radius 2 is 1.73 bits per heavy atom. The fraction of sp³-hybridized carbons (Fsp3) is 0.409. The van der Waals surface area contributed by atoms with Gasteiger partial charge in [0.2, 0.25) is 0 Å². The number of aromatic nitrogens is 1. The van der Waals surface area contributed by atoms with E-state index in [-0.39, 0.29) is 11.6 Å². The molecule has 1 aromatic carbocycles. The Hall–Kier alpha value is -2.80. The lowest BCUT2D eigenvalue weighted by molar-refractivity contribution is -0.128. The summed E-state index contributed by atoms with van der Waals surface area (Å²) < 4.78 is 7.08. The number of nitrogens with zero attached hydrogens (tertiary/aromatic N) is 2. The van der Waals surface area contributed by atoms with E-state index < -0.39 is 17.1 Å². The Morgan fingerprint density at radius 3 is 2.37 bits per heavy atom. The summed E-state index contributed by atoms with van der Waals surface area (Å²) in [6.45, 7) is 4.60. The summed E-state index contributed by atoms with van der Waals surface area (Å²) in [5, 5.41) is 3.19. The first-order chi connectivity index (χ1) is 14.2. The van der Waals surface area contributed by atoms with E-state index in [1.54, 1.807) is 50.1 Å². The van der Waals surface area contributed by atoms with Gasteiger partial charge < -0.3 is 19.5 Å². The molecule has 160 valence electrons. The van der Waals surface area contributed by atoms with Crippen LogP contribution in [0.5, 0.6) is 5.75 Å². The normalized spacial score (nSPS) is 14.3. The van der Waals surface area contributed by atoms with E-state index in [1.807, 2.05) is 0 Å². The van der Waals surface area contributed by atoms with Gasteiger partial charge in [0.15, 0.2) is 5.60 Å². The molecule has 1 saturated heterocycles. The van der Waals surface area contributed by atoms with Gasteiger partial charge in [-0.2, -0.15) is 0 Å². The topological polar surface area (TPSA) is 80.6 Å². The number of piperidine rings is 1. The molecule has 0 saturated carbocycles. The summed E-state index contributed by atoms with van der Waals surface area (Å²) in [5.41, 5.74) is -1.25. The summed E-state index contributed by atoms with van der Waals surface area (Å²) in [4.78, 5) is 40.0. The van der Waals surface area contributed by atoms with Crippen molar-refractivity contribution in [3.8, 4) is 5.75 Å². The van der Waals surface area contributed by atoms with Crippen LogP contribution in [0, 0.1) is 0 Å². The first-order valence-electron chi connectivity index (χ1n) is 9.93. The second kappa shape index (κ2) is 8.92. The third-order valence-electron chi connectivity index (χ3n) is 5.06. The minimum atomic E-state index is -1.26. The molecule has 1 N–H and O–H groups in total. The highest BCUT2D eigenvalue weighted by Gasteiger charge is 2.31. The number of amides is 2. The number of carbonyl (C=O) groups is 2. The highest BCUT2D eigenvalue weighted by Crippen LogP contribution is 2.22. The largest absolute Gasteiger partial charge is 0.478 e. The number of nitrogens with one attached hydrogen (secondary N) is 1. The molecule has 1 fully saturated rings. The van der Waals surface area contributed by atoms with Crippen LogP contribution in [-0.4, -0.2) is 40.0 Å². The van der Waals surface area contributed by atoms with Crippen molar-refractivity contribution < 1.29 is 14.3 Å². The summed E-state index contributed by atoms with van der Waals surface area (Å²) in [7, 11) is 1.56. The number of carbonyl (C=O) groups excluding carboxylic acids is 2. The van der Waals surface area contributed by atoms with Crippen LogP contribution in [0.3, 0.4) is 0 Å². The number of hydrogen-bond donors (Lipinski definition) is 1. The van der Waals surface area contributed by atoms with Crippen LogP contribution in [-0.2, 0) is 11.8 Å². The molecule has 0 aliphatic carbocycles. The summed E-state index contributed by atoms with van der Waals surface area (Å²) in [6, 6.07) is 8.09. The van der Waals surface area contributed by atoms with Gasteiger partial charge in [-0.05, 0) is 63.4 Å². The maximum absolute atomic E-state index is 12.8. The molecule has 2 aromatic rings. The minimum Gasteiger partial charge on any atom is -0.478 e. The van der Waals surface area contributed by atoms with Crippen molar-refractivity contribution in [2.24, 2.45) is 7.05 Å². The van der Waals surface area contributed by atoms with Gasteiger partial charge in [0, 0.05) is 31.4 Å². The molecule has 1 aromatic heterocycles. The molecular weight excluding hydrogens is 406 g/mol. The Bertz CT molecular complexity index is 992. The Labute approximate surface area is 180 Å². The van der Waals surface area contributed by atoms with Crippen molar-refractivity contribution in [2.45, 2.75) is 38.7 Å². The van der Waals surface area contributed by atoms with Gasteiger partial charge in [0.25, 0.3) is 17.4 Å². The Kier molecular flexibility index (Phi) is 6.51. The fourth-order valence-electron chi connectivity index (χ4n) is 3.31. The van der Waals surface area contributed by atoms with Crippen molar-refractivity contribution in [2.75, 3.05) is 18.4 Å². The van der Waals surface area contributed by atoms with E-state index in [1.165, 1.54) is 16.8 Å². The third kappa shape index (κ3) is 5.02. The van der Waals surface area contributed by atoms with Crippen molar-refractivity contribution in [1.82, 2.24) is 9.47 Å². The number of hydrogen-bond acceptors (Lipinski definition) is 4. The maximum atomic E-state index is 12.8. The predicted molar refractivity (Wildman–Crippen MR) is 116 cm³/mol. The molecule has 0 atom stereocenters. The van der Waals surface area contributed by atoms with Gasteiger partial charge in [-0.3, -0.25) is 14.4 Å². The molecule has 1 aliphatic rings. The molecule has 3 rings (SSSR count). The van der Waals surface area contributed by atoms with Crippen LogP contribution in [0.2, 0.25) is 5.02 Å². The average molecular weight is 432 g/mol. The van der Waals surface area contributed by atoms with Gasteiger partial charge in [0.1, 0.15) is 11.4 Å². The van der Waals surface area contributed by atoms with Gasteiger partial charge in [-0.1, -0.05) is 11.6 Å². The van der Waals surface area contributed by atoms with E-state index >= 15 is 0 Å². The van der Waals surface area contributed by atoms with Crippen LogP contribution in [0.25, 0.3) is 0 Å². The molecule has 30 heavy (non-hydrogen) atoms. The second-order valence-electron chi connectivity index (χ2n) is 7.93. The zero-order chi connectivity index (χ0) is 21.9. The molecule has 2 amide bonds. The second-order valence-corrected chi connectivity index (χ2v) is 8.37. The lowest BCUT2D eigenvalue weighted by Gasteiger charge is -2.27. The highest BCUT2D eigenvalue weighted by atomic mass is 35.5. The summed E-state index contributed by atoms with van der Waals surface area (Å²) >= 11 is 5.88. The first kappa shape index (κ1) is 21.9. The summed E-state index contributed by atoms with van der Waals surface area (Å²) in [6.07, 6.45) is 4.56. The lowest BCUT2D eigenvalue weighted by atomic mass is 10.1. The van der Waals surface area contributed by atoms with Crippen molar-refractivity contribution >= 4 is 29.1 Å². The molecule has 8 heteroatoms. The minimum absolute atomic E-state index is 0.0399. The quantitative estimate of drug-likeness (QED) is 0.786. The zero-order valence-electron chi connectivity index (χ0n) is 17.4. The van der Waals surface area contributed by atoms with Crippen molar-refractivity contribution in [3.05, 3.63) is 57.5 Å². The smallest absolute Gasteiger partial charge is 0.274 e. The number of ether oxygens (including phenoxy) is 1. The SMILES string of the molecule is Cn1cc(C(=O)N2CCCCC2)cc(NC(=O)C(C)(C)Oc2ccc(Cl)cc2)c1=O. The molecule has 1 aliphatic heterocycles. The Balaban J connectivity index is 1.79. The molecule has 2 heterocycles. The van der Waals surface area contributed by atoms with Gasteiger partial charge in [-0.15, -0.1) is 0 Å². The van der Waals surface area contributed by atoms with E-state index in [4.69, 9.17) is 16.3 Å². The van der Waals surface area contributed by atoms with Crippen LogP contribution >= 0.6 is 11.6 Å². The zero-order valence-corrected chi connectivity index (χ0v) is 18.2. The van der Waals surface area contributed by atoms with Crippen molar-refractivity contribution in [3.63, 3.8) is 0 Å². The number of anilines is 1. The lowest BCUT2D eigenvalue weighted by Crippen LogP contribution is -2.44. The molecule has 0 spiro atoms. The average Bonchev–Trinajstić information content (AvgIpc) is 2.72. The Morgan fingerprint density at radius 1 is 1.10 bits per heavy atom. The van der Waals surface area contributed by atoms with Crippen molar-refractivity contribution in [1.29, 1.82) is 0 Å². The molecule has 0 unspecified atom stereocenters. The number of pyridine rings is 1. The number of halogens is 1. The van der Waals surface area contributed by atoms with Crippen LogP contribution in [0.4, 0.5) is 5.69 Å². The van der Waals surface area contributed by atoms with Gasteiger partial charge >= 0.3 is 0 Å². The van der Waals surface area contributed by atoms with E-state index in [9.17, 15) is 14.4 Å². The predicted octanol–water partition coefficient (Wildman–Crippen LogP) is 3.46. The van der Waals surface area contributed by atoms with Crippen LogP contribution < -0.4 is 15.6 Å². The fourth-order valence-corrected chi connectivity index (χ4v) is 3.44. The van der Waals surface area contributed by atoms with Gasteiger partial charge in [0.05, 0.1) is 5.56 Å². The monoisotopic (exact) mass is 431 g/mol. The molecule has 7 nitrogen and oxygen atoms in total. The van der Waals surface area contributed by atoms with E-state index in [0.717, 1.165) is 19.3 Å². The number of rotatable bonds is 5. The number of aryl methyl sites for hydroxylation is 1. The molecule has 0 radical (unpaired) electrons. The summed E-state index contributed by atoms with van der Waals surface area (Å²) in [5.74, 6) is -0.170.